The monoisotopic (exact) mass is 586 g/mol. The van der Waals surface area contributed by atoms with E-state index in [1.165, 1.54) is 5.56 Å². The third kappa shape index (κ3) is 7.27. The Labute approximate surface area is 242 Å². The molecule has 0 aromatic heterocycles. The van der Waals surface area contributed by atoms with Gasteiger partial charge in [-0.05, 0) is 68.4 Å². The number of hydroxylamine groups is 1. The minimum absolute atomic E-state index is 0.0331. The number of piperidine rings is 2. The molecule has 2 aliphatic rings. The molecule has 2 fully saturated rings. The number of sulfone groups is 1. The number of nitrogens with zero attached hydrogens (tertiary/aromatic N) is 2. The van der Waals surface area contributed by atoms with Crippen LogP contribution in [0.3, 0.4) is 0 Å². The molecule has 2 aromatic rings. The standard InChI is InChI=1S/C30H42N4O6S/c1-40-23-22-33-20-15-30(16-21-33,29(36)32-37)41(38,39)27-11-9-26(10-12-27)34-18-13-25(14-19-34)28(35)31-17-5-8-24-6-3-2-4-7-24/h2-4,6-7,9-12,25,37H,5,8,13-23H2,1H3,(H,31,35)(H,32,36). The molecule has 0 aliphatic carbocycles. The van der Waals surface area contributed by atoms with Crippen molar-refractivity contribution in [1.82, 2.24) is 15.7 Å². The number of rotatable bonds is 12. The van der Waals surface area contributed by atoms with E-state index in [2.05, 4.69) is 27.2 Å². The molecule has 0 radical (unpaired) electrons. The van der Waals surface area contributed by atoms with Gasteiger partial charge in [0.15, 0.2) is 14.6 Å². The predicted octanol–water partition coefficient (Wildman–Crippen LogP) is 2.41. The summed E-state index contributed by atoms with van der Waals surface area (Å²) in [5.74, 6) is -0.831. The average Bonchev–Trinajstić information content (AvgIpc) is 3.02. The summed E-state index contributed by atoms with van der Waals surface area (Å²) in [6.07, 6.45) is 3.44. The van der Waals surface area contributed by atoms with Crippen LogP contribution in [0.15, 0.2) is 59.5 Å². The number of carbonyl (C=O) groups is 2. The van der Waals surface area contributed by atoms with Gasteiger partial charge < -0.3 is 19.9 Å². The van der Waals surface area contributed by atoms with Crippen molar-refractivity contribution in [2.24, 2.45) is 5.92 Å². The molecule has 2 amide bonds. The highest BCUT2D eigenvalue weighted by Gasteiger charge is 2.52. The van der Waals surface area contributed by atoms with Crippen molar-refractivity contribution in [3.8, 4) is 0 Å². The van der Waals surface area contributed by atoms with Crippen LogP contribution in [-0.4, -0.2) is 88.1 Å². The molecule has 2 saturated heterocycles. The van der Waals surface area contributed by atoms with Crippen molar-refractivity contribution < 1.29 is 28.0 Å². The van der Waals surface area contributed by atoms with E-state index in [4.69, 9.17) is 4.74 Å². The number of aryl methyl sites for hydroxylation is 1. The number of carbonyl (C=O) groups excluding carboxylic acids is 2. The third-order valence-electron chi connectivity index (χ3n) is 8.47. The zero-order valence-corrected chi connectivity index (χ0v) is 24.6. The van der Waals surface area contributed by atoms with E-state index >= 15 is 0 Å². The third-order valence-corrected chi connectivity index (χ3v) is 11.0. The molecule has 3 N–H and O–H groups in total. The predicted molar refractivity (Wildman–Crippen MR) is 157 cm³/mol. The van der Waals surface area contributed by atoms with Crippen molar-refractivity contribution in [3.63, 3.8) is 0 Å². The molecule has 0 unspecified atom stereocenters. The molecular weight excluding hydrogens is 544 g/mol. The minimum atomic E-state index is -4.08. The molecule has 11 heteroatoms. The van der Waals surface area contributed by atoms with Gasteiger partial charge in [-0.2, -0.15) is 0 Å². The summed E-state index contributed by atoms with van der Waals surface area (Å²) in [6.45, 7) is 4.03. The van der Waals surface area contributed by atoms with Crippen LogP contribution < -0.4 is 15.7 Å². The molecule has 2 aliphatic heterocycles. The van der Waals surface area contributed by atoms with Gasteiger partial charge in [-0.3, -0.25) is 14.8 Å². The van der Waals surface area contributed by atoms with Gasteiger partial charge in [-0.25, -0.2) is 13.9 Å². The SMILES string of the molecule is COCCN1CCC(C(=O)NO)(S(=O)(=O)c2ccc(N3CCC(C(=O)NCCCc4ccccc4)CC3)cc2)CC1. The number of nitrogens with one attached hydrogen (secondary N) is 2. The second kappa shape index (κ2) is 14.3. The fourth-order valence-corrected chi connectivity index (χ4v) is 7.79. The van der Waals surface area contributed by atoms with E-state index in [1.807, 2.05) is 18.2 Å². The Kier molecular flexibility index (Phi) is 10.8. The Balaban J connectivity index is 1.31. The summed E-state index contributed by atoms with van der Waals surface area (Å²) >= 11 is 0. The highest BCUT2D eigenvalue weighted by atomic mass is 32.2. The molecule has 41 heavy (non-hydrogen) atoms. The molecular formula is C30H42N4O6S. The van der Waals surface area contributed by atoms with Crippen LogP contribution in [0, 0.1) is 5.92 Å². The van der Waals surface area contributed by atoms with Gasteiger partial charge in [0.2, 0.25) is 5.91 Å². The zero-order chi connectivity index (χ0) is 29.3. The molecule has 0 bridgehead atoms. The smallest absolute Gasteiger partial charge is 0.265 e. The molecule has 10 nitrogen and oxygen atoms in total. The zero-order valence-electron chi connectivity index (χ0n) is 23.8. The lowest BCUT2D eigenvalue weighted by Crippen LogP contribution is -2.58. The van der Waals surface area contributed by atoms with Gasteiger partial charge >= 0.3 is 0 Å². The quantitative estimate of drug-likeness (QED) is 0.197. The summed E-state index contributed by atoms with van der Waals surface area (Å²) in [4.78, 5) is 29.7. The number of hydrogen-bond acceptors (Lipinski definition) is 8. The number of benzene rings is 2. The highest BCUT2D eigenvalue weighted by molar-refractivity contribution is 7.93. The Morgan fingerprint density at radius 3 is 2.27 bits per heavy atom. The summed E-state index contributed by atoms with van der Waals surface area (Å²) < 4.78 is 30.9. The van der Waals surface area contributed by atoms with E-state index in [1.54, 1.807) is 36.9 Å². The minimum Gasteiger partial charge on any atom is -0.383 e. The largest absolute Gasteiger partial charge is 0.383 e. The van der Waals surface area contributed by atoms with Crippen molar-refractivity contribution >= 4 is 27.3 Å². The first-order chi connectivity index (χ1) is 19.8. The second-order valence-electron chi connectivity index (χ2n) is 10.9. The van der Waals surface area contributed by atoms with Crippen molar-refractivity contribution in [1.29, 1.82) is 0 Å². The van der Waals surface area contributed by atoms with Crippen LogP contribution in [0.4, 0.5) is 5.69 Å². The lowest BCUT2D eigenvalue weighted by Gasteiger charge is -2.39. The lowest BCUT2D eigenvalue weighted by molar-refractivity contribution is -0.133. The number of anilines is 1. The summed E-state index contributed by atoms with van der Waals surface area (Å²) in [6, 6.07) is 16.8. The van der Waals surface area contributed by atoms with E-state index < -0.39 is 20.5 Å². The Morgan fingerprint density at radius 2 is 1.66 bits per heavy atom. The molecule has 224 valence electrons. The maximum atomic E-state index is 13.8. The summed E-state index contributed by atoms with van der Waals surface area (Å²) in [7, 11) is -2.47. The van der Waals surface area contributed by atoms with E-state index in [-0.39, 0.29) is 29.6 Å². The Hall–Kier alpha value is -2.99. The molecule has 0 spiro atoms. The van der Waals surface area contributed by atoms with Crippen LogP contribution in [0.25, 0.3) is 0 Å². The van der Waals surface area contributed by atoms with Gasteiger partial charge in [0, 0.05) is 58.0 Å². The topological polar surface area (TPSA) is 128 Å². The van der Waals surface area contributed by atoms with Crippen LogP contribution >= 0.6 is 0 Å². The fraction of sp³-hybridized carbons (Fsp3) is 0.533. The molecule has 4 rings (SSSR count). The van der Waals surface area contributed by atoms with Crippen LogP contribution in [0.5, 0.6) is 0 Å². The summed E-state index contributed by atoms with van der Waals surface area (Å²) in [5.41, 5.74) is 3.75. The van der Waals surface area contributed by atoms with Crippen molar-refractivity contribution in [2.75, 3.05) is 57.9 Å². The van der Waals surface area contributed by atoms with Gasteiger partial charge in [0.1, 0.15) is 0 Å². The number of amides is 2. The van der Waals surface area contributed by atoms with Gasteiger partial charge in [-0.15, -0.1) is 0 Å². The molecule has 2 heterocycles. The first-order valence-corrected chi connectivity index (χ1v) is 15.9. The molecule has 0 saturated carbocycles. The maximum Gasteiger partial charge on any atom is 0.265 e. The molecule has 2 aromatic carbocycles. The van der Waals surface area contributed by atoms with Gasteiger partial charge in [0.25, 0.3) is 5.91 Å². The van der Waals surface area contributed by atoms with E-state index in [9.17, 15) is 23.2 Å². The molecule has 0 atom stereocenters. The number of ether oxygens (including phenoxy) is 1. The fourth-order valence-electron chi connectivity index (χ4n) is 5.83. The van der Waals surface area contributed by atoms with Crippen LogP contribution in [-0.2, 0) is 30.6 Å². The lowest BCUT2D eigenvalue weighted by atomic mass is 9.95. The van der Waals surface area contributed by atoms with Gasteiger partial charge in [0.05, 0.1) is 11.5 Å². The van der Waals surface area contributed by atoms with Crippen LogP contribution in [0.2, 0.25) is 0 Å². The van der Waals surface area contributed by atoms with E-state index in [0.29, 0.717) is 45.9 Å². The Morgan fingerprint density at radius 1 is 1.00 bits per heavy atom. The van der Waals surface area contributed by atoms with Crippen molar-refractivity contribution in [2.45, 2.75) is 48.2 Å². The maximum absolute atomic E-state index is 13.8. The van der Waals surface area contributed by atoms with E-state index in [0.717, 1.165) is 31.4 Å². The first-order valence-electron chi connectivity index (χ1n) is 14.4. The average molecular weight is 587 g/mol. The number of methoxy groups -OCH3 is 1. The van der Waals surface area contributed by atoms with Gasteiger partial charge in [-0.1, -0.05) is 30.3 Å². The number of hydrogen-bond donors (Lipinski definition) is 3. The summed E-state index contributed by atoms with van der Waals surface area (Å²) in [5, 5.41) is 12.5. The van der Waals surface area contributed by atoms with Crippen LogP contribution in [0.1, 0.15) is 37.7 Å². The van der Waals surface area contributed by atoms with Crippen molar-refractivity contribution in [3.05, 3.63) is 60.2 Å². The Bertz CT molecular complexity index is 1240. The highest BCUT2D eigenvalue weighted by Crippen LogP contribution is 2.37. The first kappa shape index (κ1) is 31.0. The number of likely N-dealkylation sites (tertiary alicyclic amines) is 1. The normalized spacial score (nSPS) is 18.1. The second-order valence-corrected chi connectivity index (χ2v) is 13.2.